The van der Waals surface area contributed by atoms with Crippen molar-refractivity contribution in [3.8, 4) is 11.8 Å². The van der Waals surface area contributed by atoms with Gasteiger partial charge in [0, 0.05) is 12.0 Å². The second kappa shape index (κ2) is 5.86. The first kappa shape index (κ1) is 11.4. The standard InChI is InChI=1S/C16H13F/c17-16(13-15-9-5-2-6-10-15)12-11-14-7-3-1-4-8-14/h1-10,16H,13H2. The molecule has 0 spiro atoms. The molecule has 17 heavy (non-hydrogen) atoms. The molecule has 2 rings (SSSR count). The summed E-state index contributed by atoms with van der Waals surface area (Å²) in [6.45, 7) is 0. The molecule has 0 bridgehead atoms. The van der Waals surface area contributed by atoms with Crippen molar-refractivity contribution >= 4 is 0 Å². The molecule has 1 unspecified atom stereocenters. The van der Waals surface area contributed by atoms with E-state index in [-0.39, 0.29) is 0 Å². The van der Waals surface area contributed by atoms with Gasteiger partial charge in [-0.1, -0.05) is 60.4 Å². The summed E-state index contributed by atoms with van der Waals surface area (Å²) >= 11 is 0. The average Bonchev–Trinajstić information content (AvgIpc) is 2.39. The first-order chi connectivity index (χ1) is 8.34. The van der Waals surface area contributed by atoms with E-state index in [0.29, 0.717) is 6.42 Å². The maximum absolute atomic E-state index is 13.6. The molecule has 0 saturated carbocycles. The zero-order valence-electron chi connectivity index (χ0n) is 9.44. The lowest BCUT2D eigenvalue weighted by Gasteiger charge is -2.00. The van der Waals surface area contributed by atoms with Crippen LogP contribution in [0.3, 0.4) is 0 Å². The topological polar surface area (TPSA) is 0 Å². The highest BCUT2D eigenvalue weighted by atomic mass is 19.1. The Morgan fingerprint density at radius 3 is 2.12 bits per heavy atom. The van der Waals surface area contributed by atoms with Crippen LogP contribution in [-0.2, 0) is 6.42 Å². The fraction of sp³-hybridized carbons (Fsp3) is 0.125. The largest absolute Gasteiger partial charge is 0.233 e. The summed E-state index contributed by atoms with van der Waals surface area (Å²) in [5, 5.41) is 0. The van der Waals surface area contributed by atoms with Crippen molar-refractivity contribution in [3.05, 3.63) is 71.8 Å². The third-order valence-corrected chi connectivity index (χ3v) is 2.40. The smallest absolute Gasteiger partial charge is 0.165 e. The van der Waals surface area contributed by atoms with Crippen LogP contribution in [0.15, 0.2) is 60.7 Å². The number of rotatable bonds is 2. The Hall–Kier alpha value is -2.07. The Morgan fingerprint density at radius 1 is 0.882 bits per heavy atom. The van der Waals surface area contributed by atoms with Crippen molar-refractivity contribution in [3.63, 3.8) is 0 Å². The molecule has 0 aliphatic carbocycles. The molecule has 2 aromatic carbocycles. The van der Waals surface area contributed by atoms with E-state index in [4.69, 9.17) is 0 Å². The zero-order chi connectivity index (χ0) is 11.9. The Morgan fingerprint density at radius 2 is 1.47 bits per heavy atom. The van der Waals surface area contributed by atoms with Gasteiger partial charge < -0.3 is 0 Å². The Labute approximate surface area is 101 Å². The minimum atomic E-state index is -1.11. The number of alkyl halides is 1. The molecule has 0 heterocycles. The van der Waals surface area contributed by atoms with Gasteiger partial charge >= 0.3 is 0 Å². The van der Waals surface area contributed by atoms with Gasteiger partial charge in [0.05, 0.1) is 0 Å². The zero-order valence-corrected chi connectivity index (χ0v) is 9.44. The van der Waals surface area contributed by atoms with Crippen LogP contribution in [0.1, 0.15) is 11.1 Å². The van der Waals surface area contributed by atoms with Crippen molar-refractivity contribution in [1.82, 2.24) is 0 Å². The van der Waals surface area contributed by atoms with E-state index in [2.05, 4.69) is 11.8 Å². The fourth-order valence-corrected chi connectivity index (χ4v) is 1.56. The highest BCUT2D eigenvalue weighted by Gasteiger charge is 2.02. The predicted octanol–water partition coefficient (Wildman–Crippen LogP) is 3.62. The third-order valence-electron chi connectivity index (χ3n) is 2.40. The normalized spacial score (nSPS) is 11.4. The number of hydrogen-bond donors (Lipinski definition) is 0. The van der Waals surface area contributed by atoms with Gasteiger partial charge in [0.25, 0.3) is 0 Å². The number of hydrogen-bond acceptors (Lipinski definition) is 0. The molecule has 2 aromatic rings. The van der Waals surface area contributed by atoms with E-state index in [1.54, 1.807) is 0 Å². The molecule has 0 saturated heterocycles. The Kier molecular flexibility index (Phi) is 3.94. The van der Waals surface area contributed by atoms with E-state index in [1.165, 1.54) is 0 Å². The quantitative estimate of drug-likeness (QED) is 0.683. The molecule has 0 aromatic heterocycles. The molecule has 0 aliphatic heterocycles. The van der Waals surface area contributed by atoms with E-state index in [1.807, 2.05) is 60.7 Å². The van der Waals surface area contributed by atoms with Gasteiger partial charge in [-0.25, -0.2) is 4.39 Å². The summed E-state index contributed by atoms with van der Waals surface area (Å²) in [6.07, 6.45) is -0.765. The van der Waals surface area contributed by atoms with Crippen LogP contribution in [0, 0.1) is 11.8 Å². The monoisotopic (exact) mass is 224 g/mol. The van der Waals surface area contributed by atoms with Gasteiger partial charge in [0.15, 0.2) is 6.17 Å². The molecule has 0 fully saturated rings. The number of halogens is 1. The minimum Gasteiger partial charge on any atom is -0.233 e. The molecule has 84 valence electrons. The molecule has 0 amide bonds. The van der Waals surface area contributed by atoms with Crippen molar-refractivity contribution in [2.24, 2.45) is 0 Å². The highest BCUT2D eigenvalue weighted by Crippen LogP contribution is 2.05. The lowest BCUT2D eigenvalue weighted by Crippen LogP contribution is -2.00. The molecule has 0 nitrogen and oxygen atoms in total. The lowest BCUT2D eigenvalue weighted by atomic mass is 10.1. The predicted molar refractivity (Wildman–Crippen MR) is 68.4 cm³/mol. The first-order valence-corrected chi connectivity index (χ1v) is 5.59. The van der Waals surface area contributed by atoms with Gasteiger partial charge in [-0.15, -0.1) is 0 Å². The summed E-state index contributed by atoms with van der Waals surface area (Å²) in [5.41, 5.74) is 1.82. The second-order valence-electron chi connectivity index (χ2n) is 3.79. The maximum atomic E-state index is 13.6. The van der Waals surface area contributed by atoms with E-state index in [9.17, 15) is 4.39 Å². The molecular formula is C16H13F. The van der Waals surface area contributed by atoms with E-state index in [0.717, 1.165) is 11.1 Å². The van der Waals surface area contributed by atoms with Crippen LogP contribution in [0.5, 0.6) is 0 Å². The Balaban J connectivity index is 1.99. The number of benzene rings is 2. The molecule has 0 N–H and O–H groups in total. The van der Waals surface area contributed by atoms with Crippen LogP contribution in [-0.4, -0.2) is 6.17 Å². The highest BCUT2D eigenvalue weighted by molar-refractivity contribution is 5.34. The van der Waals surface area contributed by atoms with Crippen molar-refractivity contribution in [2.45, 2.75) is 12.6 Å². The summed E-state index contributed by atoms with van der Waals surface area (Å²) in [7, 11) is 0. The second-order valence-corrected chi connectivity index (χ2v) is 3.79. The van der Waals surface area contributed by atoms with Crippen molar-refractivity contribution < 1.29 is 4.39 Å². The average molecular weight is 224 g/mol. The molecular weight excluding hydrogens is 211 g/mol. The first-order valence-electron chi connectivity index (χ1n) is 5.59. The Bertz CT molecular complexity index is 505. The molecule has 1 heteroatoms. The van der Waals surface area contributed by atoms with Gasteiger partial charge in [-0.05, 0) is 17.7 Å². The van der Waals surface area contributed by atoms with Crippen LogP contribution in [0.4, 0.5) is 4.39 Å². The SMILES string of the molecule is FC(C#Cc1ccccc1)Cc1ccccc1. The summed E-state index contributed by atoms with van der Waals surface area (Å²) < 4.78 is 13.6. The summed E-state index contributed by atoms with van der Waals surface area (Å²) in [4.78, 5) is 0. The van der Waals surface area contributed by atoms with Crippen LogP contribution in [0.25, 0.3) is 0 Å². The maximum Gasteiger partial charge on any atom is 0.165 e. The van der Waals surface area contributed by atoms with Gasteiger partial charge in [0.1, 0.15) is 0 Å². The van der Waals surface area contributed by atoms with Crippen LogP contribution >= 0.6 is 0 Å². The van der Waals surface area contributed by atoms with Crippen molar-refractivity contribution in [2.75, 3.05) is 0 Å². The summed E-state index contributed by atoms with van der Waals surface area (Å²) in [6, 6.07) is 19.0. The van der Waals surface area contributed by atoms with Crippen molar-refractivity contribution in [1.29, 1.82) is 0 Å². The van der Waals surface area contributed by atoms with E-state index < -0.39 is 6.17 Å². The lowest BCUT2D eigenvalue weighted by molar-refractivity contribution is 0.411. The minimum absolute atomic E-state index is 0.348. The van der Waals surface area contributed by atoms with Gasteiger partial charge in [-0.3, -0.25) is 0 Å². The van der Waals surface area contributed by atoms with Gasteiger partial charge in [-0.2, -0.15) is 0 Å². The molecule has 0 radical (unpaired) electrons. The van der Waals surface area contributed by atoms with Crippen LogP contribution in [0.2, 0.25) is 0 Å². The molecule has 0 aliphatic rings. The third kappa shape index (κ3) is 3.77. The van der Waals surface area contributed by atoms with E-state index >= 15 is 0 Å². The van der Waals surface area contributed by atoms with Crippen LogP contribution < -0.4 is 0 Å². The fourth-order valence-electron chi connectivity index (χ4n) is 1.56. The molecule has 1 atom stereocenters. The summed E-state index contributed by atoms with van der Waals surface area (Å²) in [5.74, 6) is 5.47. The van der Waals surface area contributed by atoms with Gasteiger partial charge in [0.2, 0.25) is 0 Å².